The van der Waals surface area contributed by atoms with E-state index in [0.29, 0.717) is 10.2 Å². The maximum Gasteiger partial charge on any atom is 0.162 e. The van der Waals surface area contributed by atoms with Crippen LogP contribution in [0.2, 0.25) is 5.02 Å². The first-order valence-electron chi connectivity index (χ1n) is 5.03. The first kappa shape index (κ1) is 15.3. The van der Waals surface area contributed by atoms with Crippen LogP contribution >= 0.6 is 43.5 Å². The topological polar surface area (TPSA) is 30.0 Å². The molecule has 2 rings (SSSR count). The summed E-state index contributed by atoms with van der Waals surface area (Å²) < 4.78 is 1.67. The van der Waals surface area contributed by atoms with Crippen molar-refractivity contribution in [3.63, 3.8) is 0 Å². The molecule has 0 radical (unpaired) electrons. The third kappa shape index (κ3) is 5.29. The predicted molar refractivity (Wildman–Crippen MR) is 81.1 cm³/mol. The normalized spacial score (nSPS) is 9.33. The standard InChI is InChI=1S/C7H6BrNO.C6H4BrCl/c1-5(10)6-3-2-4-9-7(6)8;7-5-1-3-6(8)4-2-5/h2-4H,1H3;1-4H. The van der Waals surface area contributed by atoms with Gasteiger partial charge < -0.3 is 0 Å². The average molecular weight is 391 g/mol. The molecule has 0 aliphatic rings. The van der Waals surface area contributed by atoms with Crippen LogP contribution in [-0.4, -0.2) is 10.8 Å². The van der Waals surface area contributed by atoms with Crippen LogP contribution in [0.5, 0.6) is 0 Å². The molecule has 18 heavy (non-hydrogen) atoms. The number of pyridine rings is 1. The minimum absolute atomic E-state index is 0.0278. The van der Waals surface area contributed by atoms with Crippen molar-refractivity contribution >= 4 is 49.2 Å². The van der Waals surface area contributed by atoms with E-state index >= 15 is 0 Å². The van der Waals surface area contributed by atoms with E-state index < -0.39 is 0 Å². The van der Waals surface area contributed by atoms with Crippen molar-refractivity contribution in [3.8, 4) is 0 Å². The summed E-state index contributed by atoms with van der Waals surface area (Å²) in [5.41, 5.74) is 0.627. The molecule has 0 amide bonds. The molecule has 0 aliphatic carbocycles. The Morgan fingerprint density at radius 2 is 1.78 bits per heavy atom. The Morgan fingerprint density at radius 3 is 2.17 bits per heavy atom. The zero-order chi connectivity index (χ0) is 13.5. The van der Waals surface area contributed by atoms with Crippen molar-refractivity contribution < 1.29 is 4.79 Å². The molecule has 1 aromatic heterocycles. The zero-order valence-electron chi connectivity index (χ0n) is 9.53. The number of carbonyl (C=O) groups excluding carboxylic acids is 1. The summed E-state index contributed by atoms with van der Waals surface area (Å²) in [6.07, 6.45) is 1.64. The minimum atomic E-state index is 0.0278. The van der Waals surface area contributed by atoms with E-state index in [9.17, 15) is 4.79 Å². The quantitative estimate of drug-likeness (QED) is 0.497. The summed E-state index contributed by atoms with van der Waals surface area (Å²) in [5.74, 6) is 0.0278. The number of aromatic nitrogens is 1. The van der Waals surface area contributed by atoms with Gasteiger partial charge in [0, 0.05) is 15.7 Å². The highest BCUT2D eigenvalue weighted by atomic mass is 79.9. The van der Waals surface area contributed by atoms with Crippen LogP contribution in [0.1, 0.15) is 17.3 Å². The summed E-state index contributed by atoms with van der Waals surface area (Å²) >= 11 is 12.0. The van der Waals surface area contributed by atoms with Gasteiger partial charge in [-0.1, -0.05) is 27.5 Å². The maximum atomic E-state index is 10.8. The van der Waals surface area contributed by atoms with E-state index in [-0.39, 0.29) is 5.78 Å². The van der Waals surface area contributed by atoms with Gasteiger partial charge >= 0.3 is 0 Å². The van der Waals surface area contributed by atoms with Crippen LogP contribution in [0.25, 0.3) is 0 Å². The Morgan fingerprint density at radius 1 is 1.17 bits per heavy atom. The van der Waals surface area contributed by atoms with Crippen molar-refractivity contribution in [2.45, 2.75) is 6.92 Å². The molecular formula is C13H10Br2ClNO. The van der Waals surface area contributed by atoms with Gasteiger partial charge in [-0.15, -0.1) is 0 Å². The Labute approximate surface area is 128 Å². The fraction of sp³-hybridized carbons (Fsp3) is 0.0769. The Balaban J connectivity index is 0.000000184. The van der Waals surface area contributed by atoms with Crippen LogP contribution in [0.4, 0.5) is 0 Å². The number of nitrogens with zero attached hydrogens (tertiary/aromatic N) is 1. The van der Waals surface area contributed by atoms with E-state index in [1.165, 1.54) is 6.92 Å². The third-order valence-corrected chi connectivity index (χ3v) is 3.35. The van der Waals surface area contributed by atoms with Crippen LogP contribution in [0.3, 0.4) is 0 Å². The summed E-state index contributed by atoms with van der Waals surface area (Å²) in [4.78, 5) is 14.7. The Hall–Kier alpha value is -0.710. The lowest BCUT2D eigenvalue weighted by Gasteiger charge is -1.94. The molecule has 0 spiro atoms. The van der Waals surface area contributed by atoms with Gasteiger partial charge in [0.2, 0.25) is 0 Å². The number of rotatable bonds is 1. The van der Waals surface area contributed by atoms with Gasteiger partial charge in [0.1, 0.15) is 4.60 Å². The molecule has 5 heteroatoms. The minimum Gasteiger partial charge on any atom is -0.294 e. The smallest absolute Gasteiger partial charge is 0.162 e. The van der Waals surface area contributed by atoms with E-state index in [0.717, 1.165) is 9.50 Å². The lowest BCUT2D eigenvalue weighted by molar-refractivity contribution is 0.101. The molecule has 0 unspecified atom stereocenters. The molecule has 1 aromatic carbocycles. The highest BCUT2D eigenvalue weighted by molar-refractivity contribution is 9.10. The third-order valence-electron chi connectivity index (χ3n) is 1.94. The summed E-state index contributed by atoms with van der Waals surface area (Å²) in [6.45, 7) is 1.52. The SMILES string of the molecule is CC(=O)c1cccnc1Br.Clc1ccc(Br)cc1. The predicted octanol–water partition coefficient (Wildman–Crippen LogP) is 5.15. The number of hydrogen-bond acceptors (Lipinski definition) is 2. The number of halogens is 3. The first-order valence-corrected chi connectivity index (χ1v) is 6.99. The lowest BCUT2D eigenvalue weighted by Crippen LogP contribution is -1.93. The lowest BCUT2D eigenvalue weighted by atomic mass is 10.2. The molecule has 2 nitrogen and oxygen atoms in total. The van der Waals surface area contributed by atoms with Crippen molar-refractivity contribution in [3.05, 3.63) is 62.3 Å². The molecular weight excluding hydrogens is 381 g/mol. The molecule has 0 atom stereocenters. The summed E-state index contributed by atoms with van der Waals surface area (Å²) in [7, 11) is 0. The highest BCUT2D eigenvalue weighted by Crippen LogP contribution is 2.13. The molecule has 0 N–H and O–H groups in total. The first-order chi connectivity index (χ1) is 8.50. The summed E-state index contributed by atoms with van der Waals surface area (Å²) in [6, 6.07) is 11.0. The largest absolute Gasteiger partial charge is 0.294 e. The van der Waals surface area contributed by atoms with Gasteiger partial charge in [0.25, 0.3) is 0 Å². The van der Waals surface area contributed by atoms with Gasteiger partial charge in [0.15, 0.2) is 5.78 Å². The molecule has 0 saturated heterocycles. The second-order valence-electron chi connectivity index (χ2n) is 3.33. The molecule has 0 aliphatic heterocycles. The number of hydrogen-bond donors (Lipinski definition) is 0. The molecule has 0 fully saturated rings. The van der Waals surface area contributed by atoms with Crippen molar-refractivity contribution in [2.75, 3.05) is 0 Å². The maximum absolute atomic E-state index is 10.8. The van der Waals surface area contributed by atoms with Crippen molar-refractivity contribution in [1.29, 1.82) is 0 Å². The van der Waals surface area contributed by atoms with Crippen LogP contribution in [-0.2, 0) is 0 Å². The molecule has 0 bridgehead atoms. The molecule has 94 valence electrons. The number of Topliss-reactive ketones (excluding diaryl/α,β-unsaturated/α-hetero) is 1. The van der Waals surface area contributed by atoms with E-state index in [1.807, 2.05) is 24.3 Å². The molecule has 2 aromatic rings. The number of carbonyl (C=O) groups is 1. The van der Waals surface area contributed by atoms with Gasteiger partial charge in [0.05, 0.1) is 5.56 Å². The second-order valence-corrected chi connectivity index (χ2v) is 5.44. The van der Waals surface area contributed by atoms with Crippen LogP contribution < -0.4 is 0 Å². The second kappa shape index (κ2) is 7.67. The fourth-order valence-corrected chi connectivity index (χ4v) is 2.00. The monoisotopic (exact) mass is 389 g/mol. The van der Waals surface area contributed by atoms with Crippen LogP contribution in [0.15, 0.2) is 51.7 Å². The van der Waals surface area contributed by atoms with Gasteiger partial charge in [-0.25, -0.2) is 4.98 Å². The molecule has 1 heterocycles. The Kier molecular flexibility index (Phi) is 6.54. The number of benzene rings is 1. The van der Waals surface area contributed by atoms with Gasteiger partial charge in [-0.3, -0.25) is 4.79 Å². The zero-order valence-corrected chi connectivity index (χ0v) is 13.5. The van der Waals surface area contributed by atoms with E-state index in [2.05, 4.69) is 36.8 Å². The fourth-order valence-electron chi connectivity index (χ4n) is 1.08. The van der Waals surface area contributed by atoms with Gasteiger partial charge in [-0.2, -0.15) is 0 Å². The molecule has 0 saturated carbocycles. The van der Waals surface area contributed by atoms with Gasteiger partial charge in [-0.05, 0) is 59.3 Å². The number of ketones is 1. The average Bonchev–Trinajstić information content (AvgIpc) is 2.34. The van der Waals surface area contributed by atoms with E-state index in [1.54, 1.807) is 18.3 Å². The van der Waals surface area contributed by atoms with Crippen molar-refractivity contribution in [2.24, 2.45) is 0 Å². The van der Waals surface area contributed by atoms with Crippen LogP contribution in [0, 0.1) is 0 Å². The van der Waals surface area contributed by atoms with Crippen molar-refractivity contribution in [1.82, 2.24) is 4.98 Å². The highest BCUT2D eigenvalue weighted by Gasteiger charge is 2.02. The summed E-state index contributed by atoms with van der Waals surface area (Å²) in [5, 5.41) is 0.771. The Bertz CT molecular complexity index is 508. The van der Waals surface area contributed by atoms with E-state index in [4.69, 9.17) is 11.6 Å².